The Kier molecular flexibility index (Phi) is 7.20. The molecular weight excluding hydrogens is 424 g/mol. The molecule has 3 aromatic rings. The van der Waals surface area contributed by atoms with Gasteiger partial charge in [-0.25, -0.2) is 8.42 Å². The quantitative estimate of drug-likeness (QED) is 0.558. The van der Waals surface area contributed by atoms with E-state index in [1.165, 1.54) is 4.31 Å². The van der Waals surface area contributed by atoms with Crippen LogP contribution in [0.3, 0.4) is 0 Å². The predicted octanol–water partition coefficient (Wildman–Crippen LogP) is 4.13. The molecule has 1 N–H and O–H groups in total. The van der Waals surface area contributed by atoms with E-state index >= 15 is 0 Å². The van der Waals surface area contributed by atoms with Gasteiger partial charge in [0.05, 0.1) is 17.7 Å². The van der Waals surface area contributed by atoms with Gasteiger partial charge >= 0.3 is 0 Å². The Hall–Kier alpha value is -3.32. The fourth-order valence-corrected chi connectivity index (χ4v) is 4.75. The molecule has 0 heterocycles. The molecule has 0 unspecified atom stereocenters. The molecular formula is C25H28N2O4S. The van der Waals surface area contributed by atoms with Gasteiger partial charge < -0.3 is 10.1 Å². The van der Waals surface area contributed by atoms with Crippen molar-refractivity contribution in [2.24, 2.45) is 0 Å². The van der Waals surface area contributed by atoms with Crippen LogP contribution in [0.4, 0.5) is 5.69 Å². The third-order valence-electron chi connectivity index (χ3n) is 5.39. The first-order valence-corrected chi connectivity index (χ1v) is 11.7. The average Bonchev–Trinajstić information content (AvgIpc) is 2.78. The Morgan fingerprint density at radius 3 is 2.22 bits per heavy atom. The highest BCUT2D eigenvalue weighted by molar-refractivity contribution is 7.92. The first-order valence-electron chi connectivity index (χ1n) is 10.3. The standard InChI is InChI=1S/C25H28N2O4S/c1-18-8-14-23(15-9-18)32(29,30)27(24-7-5-6-19(2)20(24)3)17-25(28)26-16-21-10-12-22(31-4)13-11-21/h5-15H,16-17H2,1-4H3,(H,26,28). The number of hydrogen-bond acceptors (Lipinski definition) is 4. The molecule has 0 aromatic heterocycles. The molecule has 0 fully saturated rings. The number of benzene rings is 3. The van der Waals surface area contributed by atoms with Crippen molar-refractivity contribution in [3.8, 4) is 5.75 Å². The van der Waals surface area contributed by atoms with Crippen LogP contribution in [-0.4, -0.2) is 28.0 Å². The zero-order valence-corrected chi connectivity index (χ0v) is 19.6. The van der Waals surface area contributed by atoms with Crippen molar-refractivity contribution in [2.75, 3.05) is 18.0 Å². The summed E-state index contributed by atoms with van der Waals surface area (Å²) in [4.78, 5) is 13.0. The van der Waals surface area contributed by atoms with Gasteiger partial charge in [-0.1, -0.05) is 42.0 Å². The number of methoxy groups -OCH3 is 1. The fraction of sp³-hybridized carbons (Fsp3) is 0.240. The van der Waals surface area contributed by atoms with Crippen LogP contribution in [0.5, 0.6) is 5.75 Å². The third kappa shape index (κ3) is 5.29. The smallest absolute Gasteiger partial charge is 0.264 e. The topological polar surface area (TPSA) is 75.7 Å². The molecule has 0 bridgehead atoms. The summed E-state index contributed by atoms with van der Waals surface area (Å²) in [6, 6.07) is 19.4. The van der Waals surface area contributed by atoms with E-state index in [-0.39, 0.29) is 18.0 Å². The van der Waals surface area contributed by atoms with Crippen molar-refractivity contribution in [3.63, 3.8) is 0 Å². The summed E-state index contributed by atoms with van der Waals surface area (Å²) in [6.07, 6.45) is 0. The molecule has 0 radical (unpaired) electrons. The molecule has 6 nitrogen and oxygen atoms in total. The molecule has 0 aliphatic rings. The minimum absolute atomic E-state index is 0.145. The van der Waals surface area contributed by atoms with E-state index in [0.29, 0.717) is 5.69 Å². The molecule has 1 amide bonds. The van der Waals surface area contributed by atoms with Gasteiger partial charge in [-0.2, -0.15) is 0 Å². The average molecular weight is 453 g/mol. The van der Waals surface area contributed by atoms with Crippen LogP contribution in [0.25, 0.3) is 0 Å². The number of nitrogens with one attached hydrogen (secondary N) is 1. The monoisotopic (exact) mass is 452 g/mol. The van der Waals surface area contributed by atoms with Crippen LogP contribution in [-0.2, 0) is 21.4 Å². The Labute approximate surface area is 189 Å². The number of rotatable bonds is 8. The van der Waals surface area contributed by atoms with Crippen molar-refractivity contribution in [1.29, 1.82) is 0 Å². The molecule has 0 saturated carbocycles. The van der Waals surface area contributed by atoms with Gasteiger partial charge in [-0.15, -0.1) is 0 Å². The van der Waals surface area contributed by atoms with Crippen LogP contribution >= 0.6 is 0 Å². The maximum absolute atomic E-state index is 13.5. The van der Waals surface area contributed by atoms with Gasteiger partial charge in [-0.3, -0.25) is 9.10 Å². The van der Waals surface area contributed by atoms with Crippen LogP contribution < -0.4 is 14.4 Å². The lowest BCUT2D eigenvalue weighted by Gasteiger charge is -2.26. The predicted molar refractivity (Wildman–Crippen MR) is 126 cm³/mol. The van der Waals surface area contributed by atoms with E-state index in [1.807, 2.05) is 51.1 Å². The normalized spacial score (nSPS) is 11.1. The van der Waals surface area contributed by atoms with Gasteiger partial charge in [0.2, 0.25) is 5.91 Å². The molecule has 3 aromatic carbocycles. The molecule has 0 aliphatic carbocycles. The summed E-state index contributed by atoms with van der Waals surface area (Å²) in [5.74, 6) is 0.336. The van der Waals surface area contributed by atoms with Gasteiger partial charge in [-0.05, 0) is 67.8 Å². The van der Waals surface area contributed by atoms with Crippen molar-refractivity contribution >= 4 is 21.6 Å². The Balaban J connectivity index is 1.87. The number of aryl methyl sites for hydroxylation is 2. The van der Waals surface area contributed by atoms with E-state index in [9.17, 15) is 13.2 Å². The van der Waals surface area contributed by atoms with Gasteiger partial charge in [0.25, 0.3) is 10.0 Å². The second-order valence-corrected chi connectivity index (χ2v) is 9.53. The lowest BCUT2D eigenvalue weighted by molar-refractivity contribution is -0.119. The first-order chi connectivity index (χ1) is 15.2. The van der Waals surface area contributed by atoms with Gasteiger partial charge in [0.1, 0.15) is 12.3 Å². The van der Waals surface area contributed by atoms with Crippen molar-refractivity contribution < 1.29 is 17.9 Å². The summed E-state index contributed by atoms with van der Waals surface area (Å²) in [6.45, 7) is 5.63. The maximum atomic E-state index is 13.5. The van der Waals surface area contributed by atoms with E-state index in [4.69, 9.17) is 4.74 Å². The highest BCUT2D eigenvalue weighted by Crippen LogP contribution is 2.28. The van der Waals surface area contributed by atoms with E-state index in [2.05, 4.69) is 5.32 Å². The van der Waals surface area contributed by atoms with Crippen molar-refractivity contribution in [2.45, 2.75) is 32.2 Å². The number of amides is 1. The Morgan fingerprint density at radius 1 is 0.938 bits per heavy atom. The summed E-state index contributed by atoms with van der Waals surface area (Å²) in [5.41, 5.74) is 4.10. The fourth-order valence-electron chi connectivity index (χ4n) is 3.27. The van der Waals surface area contributed by atoms with Crippen LogP contribution in [0, 0.1) is 20.8 Å². The lowest BCUT2D eigenvalue weighted by atomic mass is 10.1. The number of ether oxygens (including phenoxy) is 1. The Bertz CT molecular complexity index is 1190. The Morgan fingerprint density at radius 2 is 1.59 bits per heavy atom. The maximum Gasteiger partial charge on any atom is 0.264 e. The van der Waals surface area contributed by atoms with E-state index in [0.717, 1.165) is 28.0 Å². The number of hydrogen-bond donors (Lipinski definition) is 1. The minimum atomic E-state index is -3.94. The molecule has 7 heteroatoms. The second-order valence-electron chi connectivity index (χ2n) is 7.67. The van der Waals surface area contributed by atoms with Crippen LogP contribution in [0.1, 0.15) is 22.3 Å². The summed E-state index contributed by atoms with van der Waals surface area (Å²) in [5, 5.41) is 2.82. The number of anilines is 1. The number of nitrogens with zero attached hydrogens (tertiary/aromatic N) is 1. The molecule has 3 rings (SSSR count). The number of carbonyl (C=O) groups excluding carboxylic acids is 1. The van der Waals surface area contributed by atoms with Crippen LogP contribution in [0.15, 0.2) is 71.6 Å². The molecule has 0 atom stereocenters. The summed E-state index contributed by atoms with van der Waals surface area (Å²) < 4.78 is 33.4. The second kappa shape index (κ2) is 9.87. The minimum Gasteiger partial charge on any atom is -0.497 e. The van der Waals surface area contributed by atoms with Crippen molar-refractivity contribution in [1.82, 2.24) is 5.32 Å². The SMILES string of the molecule is COc1ccc(CNC(=O)CN(c2cccc(C)c2C)S(=O)(=O)c2ccc(C)cc2)cc1. The molecule has 0 aliphatic heterocycles. The molecule has 0 saturated heterocycles. The molecule has 168 valence electrons. The van der Waals surface area contributed by atoms with Gasteiger partial charge in [0, 0.05) is 6.54 Å². The summed E-state index contributed by atoms with van der Waals surface area (Å²) >= 11 is 0. The van der Waals surface area contributed by atoms with E-state index < -0.39 is 15.9 Å². The largest absolute Gasteiger partial charge is 0.497 e. The first kappa shape index (κ1) is 23.3. The van der Waals surface area contributed by atoms with Crippen LogP contribution in [0.2, 0.25) is 0 Å². The summed E-state index contributed by atoms with van der Waals surface area (Å²) in [7, 11) is -2.35. The van der Waals surface area contributed by atoms with Crippen molar-refractivity contribution in [3.05, 3.63) is 89.0 Å². The van der Waals surface area contributed by atoms with E-state index in [1.54, 1.807) is 43.5 Å². The molecule has 32 heavy (non-hydrogen) atoms. The zero-order chi connectivity index (χ0) is 23.3. The highest BCUT2D eigenvalue weighted by atomic mass is 32.2. The number of carbonyl (C=O) groups is 1. The van der Waals surface area contributed by atoms with Gasteiger partial charge in [0.15, 0.2) is 0 Å². The molecule has 0 spiro atoms. The highest BCUT2D eigenvalue weighted by Gasteiger charge is 2.28. The third-order valence-corrected chi connectivity index (χ3v) is 7.16. The number of sulfonamides is 1. The lowest BCUT2D eigenvalue weighted by Crippen LogP contribution is -2.41. The zero-order valence-electron chi connectivity index (χ0n) is 18.8.